The Balaban J connectivity index is 1.51. The number of hydrogen-bond donors (Lipinski definition) is 2. The van der Waals surface area contributed by atoms with Crippen LogP contribution in [0.25, 0.3) is 0 Å². The van der Waals surface area contributed by atoms with E-state index in [0.29, 0.717) is 18.0 Å². The minimum absolute atomic E-state index is 0.455. The SMILES string of the molecule is Cc1ccc(COc2cccc(/C=N\NC(=O)C(=O)Nc3cccc(C)c3)c2)cc1. The fraction of sp³-hybridized carbons (Fsp3) is 0.125. The monoisotopic (exact) mass is 401 g/mol. The molecule has 0 bridgehead atoms. The first-order valence-electron chi connectivity index (χ1n) is 9.49. The van der Waals surface area contributed by atoms with Crippen molar-refractivity contribution in [2.24, 2.45) is 5.10 Å². The molecule has 0 heterocycles. The molecule has 0 saturated heterocycles. The van der Waals surface area contributed by atoms with Gasteiger partial charge in [0.05, 0.1) is 6.21 Å². The summed E-state index contributed by atoms with van der Waals surface area (Å²) in [6.45, 7) is 4.40. The smallest absolute Gasteiger partial charge is 0.329 e. The van der Waals surface area contributed by atoms with Gasteiger partial charge in [-0.05, 0) is 54.8 Å². The fourth-order valence-electron chi connectivity index (χ4n) is 2.66. The summed E-state index contributed by atoms with van der Waals surface area (Å²) < 4.78 is 5.80. The van der Waals surface area contributed by atoms with Crippen molar-refractivity contribution in [1.29, 1.82) is 0 Å². The van der Waals surface area contributed by atoms with Gasteiger partial charge < -0.3 is 10.1 Å². The molecule has 0 unspecified atom stereocenters. The van der Waals surface area contributed by atoms with Crippen molar-refractivity contribution in [3.63, 3.8) is 0 Å². The third-order valence-corrected chi connectivity index (χ3v) is 4.25. The van der Waals surface area contributed by atoms with Crippen LogP contribution in [0.15, 0.2) is 77.9 Å². The van der Waals surface area contributed by atoms with Gasteiger partial charge in [-0.1, -0.05) is 54.1 Å². The molecule has 2 amide bonds. The second kappa shape index (κ2) is 10.0. The number of hydrazone groups is 1. The molecule has 0 aliphatic rings. The van der Waals surface area contributed by atoms with Gasteiger partial charge in [-0.15, -0.1) is 0 Å². The number of carbonyl (C=O) groups excluding carboxylic acids is 2. The molecule has 0 atom stereocenters. The zero-order valence-corrected chi connectivity index (χ0v) is 16.9. The van der Waals surface area contributed by atoms with E-state index in [2.05, 4.69) is 15.8 Å². The van der Waals surface area contributed by atoms with Crippen molar-refractivity contribution in [3.8, 4) is 5.75 Å². The highest BCUT2D eigenvalue weighted by Gasteiger charge is 2.12. The van der Waals surface area contributed by atoms with Gasteiger partial charge >= 0.3 is 11.8 Å². The quantitative estimate of drug-likeness (QED) is 0.373. The second-order valence-corrected chi connectivity index (χ2v) is 6.87. The Labute approximate surface area is 175 Å². The summed E-state index contributed by atoms with van der Waals surface area (Å²) in [6.07, 6.45) is 1.45. The molecule has 0 spiro atoms. The average Bonchev–Trinajstić information content (AvgIpc) is 2.73. The highest BCUT2D eigenvalue weighted by atomic mass is 16.5. The Morgan fingerprint density at radius 3 is 2.43 bits per heavy atom. The molecule has 0 radical (unpaired) electrons. The molecular formula is C24H23N3O3. The maximum absolute atomic E-state index is 11.9. The number of benzene rings is 3. The van der Waals surface area contributed by atoms with Crippen molar-refractivity contribution in [2.75, 3.05) is 5.32 Å². The van der Waals surface area contributed by atoms with E-state index in [0.717, 1.165) is 16.7 Å². The zero-order valence-electron chi connectivity index (χ0n) is 16.9. The van der Waals surface area contributed by atoms with Gasteiger partial charge in [-0.3, -0.25) is 9.59 Å². The highest BCUT2D eigenvalue weighted by Crippen LogP contribution is 2.15. The number of anilines is 1. The second-order valence-electron chi connectivity index (χ2n) is 6.87. The third kappa shape index (κ3) is 6.31. The standard InChI is InChI=1S/C24H23N3O3/c1-17-9-11-19(12-10-17)16-30-22-8-4-6-20(14-22)15-25-27-24(29)23(28)26-21-7-3-5-18(2)13-21/h3-15H,16H2,1-2H3,(H,26,28)(H,27,29)/b25-15-. The molecule has 3 rings (SSSR count). The first kappa shape index (κ1) is 20.8. The Kier molecular flexibility index (Phi) is 6.95. The van der Waals surface area contributed by atoms with Gasteiger partial charge in [0.15, 0.2) is 0 Å². The minimum Gasteiger partial charge on any atom is -0.489 e. The number of aryl methyl sites for hydroxylation is 2. The Hall–Kier alpha value is -3.93. The van der Waals surface area contributed by atoms with Crippen LogP contribution < -0.4 is 15.5 Å². The number of nitrogens with zero attached hydrogens (tertiary/aromatic N) is 1. The number of carbonyl (C=O) groups is 2. The molecule has 3 aromatic carbocycles. The van der Waals surface area contributed by atoms with Crippen molar-refractivity contribution < 1.29 is 14.3 Å². The van der Waals surface area contributed by atoms with E-state index in [1.807, 2.05) is 62.4 Å². The van der Waals surface area contributed by atoms with Crippen LogP contribution in [0.2, 0.25) is 0 Å². The molecule has 6 nitrogen and oxygen atoms in total. The predicted molar refractivity (Wildman–Crippen MR) is 117 cm³/mol. The van der Waals surface area contributed by atoms with Crippen LogP contribution in [0, 0.1) is 13.8 Å². The minimum atomic E-state index is -0.848. The molecule has 0 aliphatic carbocycles. The van der Waals surface area contributed by atoms with Crippen molar-refractivity contribution in [2.45, 2.75) is 20.5 Å². The van der Waals surface area contributed by atoms with Crippen LogP contribution in [0.5, 0.6) is 5.75 Å². The van der Waals surface area contributed by atoms with E-state index < -0.39 is 11.8 Å². The van der Waals surface area contributed by atoms with E-state index in [9.17, 15) is 9.59 Å². The topological polar surface area (TPSA) is 79.8 Å². The summed E-state index contributed by atoms with van der Waals surface area (Å²) in [5.74, 6) is -0.949. The van der Waals surface area contributed by atoms with Crippen LogP contribution >= 0.6 is 0 Å². The van der Waals surface area contributed by atoms with Crippen LogP contribution in [-0.2, 0) is 16.2 Å². The van der Waals surface area contributed by atoms with Gasteiger partial charge in [-0.25, -0.2) is 5.43 Å². The third-order valence-electron chi connectivity index (χ3n) is 4.25. The molecule has 3 aromatic rings. The number of hydrogen-bond acceptors (Lipinski definition) is 4. The fourth-order valence-corrected chi connectivity index (χ4v) is 2.66. The maximum Gasteiger partial charge on any atom is 0.329 e. The van der Waals surface area contributed by atoms with E-state index in [1.165, 1.54) is 11.8 Å². The van der Waals surface area contributed by atoms with Crippen molar-refractivity contribution in [1.82, 2.24) is 5.43 Å². The normalized spacial score (nSPS) is 10.6. The lowest BCUT2D eigenvalue weighted by Gasteiger charge is -2.07. The number of ether oxygens (including phenoxy) is 1. The summed E-state index contributed by atoms with van der Waals surface area (Å²) in [5.41, 5.74) is 6.77. The van der Waals surface area contributed by atoms with Crippen LogP contribution in [-0.4, -0.2) is 18.0 Å². The molecular weight excluding hydrogens is 378 g/mol. The first-order valence-corrected chi connectivity index (χ1v) is 9.49. The molecule has 30 heavy (non-hydrogen) atoms. The molecule has 0 saturated carbocycles. The number of nitrogens with one attached hydrogen (secondary N) is 2. The van der Waals surface area contributed by atoms with E-state index >= 15 is 0 Å². The highest BCUT2D eigenvalue weighted by molar-refractivity contribution is 6.39. The number of rotatable bonds is 6. The summed E-state index contributed by atoms with van der Waals surface area (Å²) in [7, 11) is 0. The summed E-state index contributed by atoms with van der Waals surface area (Å²) >= 11 is 0. The van der Waals surface area contributed by atoms with Crippen LogP contribution in [0.1, 0.15) is 22.3 Å². The van der Waals surface area contributed by atoms with E-state index in [-0.39, 0.29) is 0 Å². The first-order chi connectivity index (χ1) is 14.5. The number of amides is 2. The maximum atomic E-state index is 11.9. The average molecular weight is 401 g/mol. The van der Waals surface area contributed by atoms with E-state index in [4.69, 9.17) is 4.74 Å². The summed E-state index contributed by atoms with van der Waals surface area (Å²) in [6, 6.07) is 22.6. The van der Waals surface area contributed by atoms with E-state index in [1.54, 1.807) is 24.3 Å². The lowest BCUT2D eigenvalue weighted by molar-refractivity contribution is -0.136. The largest absolute Gasteiger partial charge is 0.489 e. The molecule has 152 valence electrons. The van der Waals surface area contributed by atoms with Crippen molar-refractivity contribution >= 4 is 23.7 Å². The lowest BCUT2D eigenvalue weighted by Crippen LogP contribution is -2.32. The molecule has 6 heteroatoms. The summed E-state index contributed by atoms with van der Waals surface area (Å²) in [5, 5.41) is 6.38. The van der Waals surface area contributed by atoms with Gasteiger partial charge in [-0.2, -0.15) is 5.10 Å². The van der Waals surface area contributed by atoms with Gasteiger partial charge in [0.25, 0.3) is 0 Å². The Bertz CT molecular complexity index is 1060. The molecule has 0 aliphatic heterocycles. The Morgan fingerprint density at radius 2 is 1.67 bits per heavy atom. The van der Waals surface area contributed by atoms with Gasteiger partial charge in [0.2, 0.25) is 0 Å². The van der Waals surface area contributed by atoms with Crippen LogP contribution in [0.4, 0.5) is 5.69 Å². The van der Waals surface area contributed by atoms with Crippen molar-refractivity contribution in [3.05, 3.63) is 95.1 Å². The van der Waals surface area contributed by atoms with Crippen LogP contribution in [0.3, 0.4) is 0 Å². The zero-order chi connectivity index (χ0) is 21.3. The van der Waals surface area contributed by atoms with Gasteiger partial charge in [0, 0.05) is 5.69 Å². The van der Waals surface area contributed by atoms with Gasteiger partial charge in [0.1, 0.15) is 12.4 Å². The predicted octanol–water partition coefficient (Wildman–Crippen LogP) is 3.97. The lowest BCUT2D eigenvalue weighted by atomic mass is 10.2. The molecule has 0 aromatic heterocycles. The molecule has 0 fully saturated rings. The Morgan fingerprint density at radius 1 is 0.900 bits per heavy atom. The molecule has 2 N–H and O–H groups in total. The summed E-state index contributed by atoms with van der Waals surface area (Å²) in [4.78, 5) is 23.9.